The number of ketones is 1. The molecule has 2 rings (SSSR count). The van der Waals surface area contributed by atoms with Crippen molar-refractivity contribution in [1.82, 2.24) is 0 Å². The van der Waals surface area contributed by atoms with E-state index in [0.29, 0.717) is 6.07 Å². The van der Waals surface area contributed by atoms with Crippen LogP contribution in [-0.2, 0) is 4.74 Å². The quantitative estimate of drug-likeness (QED) is 0.642. The lowest BCUT2D eigenvalue weighted by Gasteiger charge is -2.03. The third-order valence-corrected chi connectivity index (χ3v) is 3.35. The van der Waals surface area contributed by atoms with Crippen molar-refractivity contribution in [3.05, 3.63) is 57.3 Å². The molecule has 0 amide bonds. The standard InChI is InChI=1S/C13H8F2O3S/c1-18-13(17)12-9(4-5-19-12)11(16)8-3-2-7(14)6-10(8)15/h2-6H,1H3. The molecule has 98 valence electrons. The first kappa shape index (κ1) is 13.4. The van der Waals surface area contributed by atoms with E-state index in [-0.39, 0.29) is 16.0 Å². The number of carbonyl (C=O) groups excluding carboxylic acids is 2. The van der Waals surface area contributed by atoms with Crippen LogP contribution in [0.25, 0.3) is 0 Å². The minimum atomic E-state index is -0.966. The second-order valence-corrected chi connectivity index (χ2v) is 4.52. The highest BCUT2D eigenvalue weighted by molar-refractivity contribution is 7.12. The van der Waals surface area contributed by atoms with E-state index >= 15 is 0 Å². The minimum Gasteiger partial charge on any atom is -0.465 e. The Hall–Kier alpha value is -2.08. The van der Waals surface area contributed by atoms with Crippen molar-refractivity contribution >= 4 is 23.1 Å². The maximum atomic E-state index is 13.5. The van der Waals surface area contributed by atoms with Crippen molar-refractivity contribution in [2.24, 2.45) is 0 Å². The van der Waals surface area contributed by atoms with Crippen molar-refractivity contribution in [3.63, 3.8) is 0 Å². The fraction of sp³-hybridized carbons (Fsp3) is 0.0769. The van der Waals surface area contributed by atoms with Gasteiger partial charge < -0.3 is 4.74 Å². The van der Waals surface area contributed by atoms with E-state index in [1.54, 1.807) is 0 Å². The lowest BCUT2D eigenvalue weighted by molar-refractivity contribution is 0.0603. The van der Waals surface area contributed by atoms with Gasteiger partial charge in [-0.2, -0.15) is 0 Å². The Labute approximate surface area is 111 Å². The molecule has 6 heteroatoms. The smallest absolute Gasteiger partial charge is 0.348 e. The highest BCUT2D eigenvalue weighted by atomic mass is 32.1. The molecule has 3 nitrogen and oxygen atoms in total. The van der Waals surface area contributed by atoms with Gasteiger partial charge in [0.25, 0.3) is 0 Å². The molecule has 0 atom stereocenters. The highest BCUT2D eigenvalue weighted by Gasteiger charge is 2.22. The van der Waals surface area contributed by atoms with Crippen molar-refractivity contribution in [2.45, 2.75) is 0 Å². The third-order valence-electron chi connectivity index (χ3n) is 2.46. The predicted octanol–water partition coefficient (Wildman–Crippen LogP) is 3.04. The average molecular weight is 282 g/mol. The topological polar surface area (TPSA) is 43.4 Å². The zero-order chi connectivity index (χ0) is 14.0. The van der Waals surface area contributed by atoms with E-state index in [2.05, 4.69) is 4.74 Å². The summed E-state index contributed by atoms with van der Waals surface area (Å²) in [6, 6.07) is 4.06. The lowest BCUT2D eigenvalue weighted by atomic mass is 10.0. The van der Waals surface area contributed by atoms with Crippen molar-refractivity contribution < 1.29 is 23.1 Å². The summed E-state index contributed by atoms with van der Waals surface area (Å²) in [5.41, 5.74) is -0.243. The molecule has 2 aromatic rings. The molecule has 0 aliphatic rings. The lowest BCUT2D eigenvalue weighted by Crippen LogP contribution is -2.09. The Balaban J connectivity index is 2.45. The number of rotatable bonds is 3. The summed E-state index contributed by atoms with van der Waals surface area (Å²) < 4.78 is 30.9. The van der Waals surface area contributed by atoms with E-state index in [1.807, 2.05) is 0 Å². The van der Waals surface area contributed by atoms with E-state index in [0.717, 1.165) is 23.5 Å². The number of carbonyl (C=O) groups is 2. The van der Waals surface area contributed by atoms with Crippen molar-refractivity contribution in [1.29, 1.82) is 0 Å². The zero-order valence-corrected chi connectivity index (χ0v) is 10.6. The molecule has 0 N–H and O–H groups in total. The molecular formula is C13H8F2O3S. The van der Waals surface area contributed by atoms with Gasteiger partial charge in [0, 0.05) is 11.6 Å². The first-order valence-corrected chi connectivity index (χ1v) is 6.08. The maximum absolute atomic E-state index is 13.5. The van der Waals surface area contributed by atoms with E-state index in [4.69, 9.17) is 0 Å². The molecule has 0 unspecified atom stereocenters. The first-order valence-electron chi connectivity index (χ1n) is 5.20. The molecule has 0 aliphatic heterocycles. The Morgan fingerprint density at radius 2 is 1.89 bits per heavy atom. The summed E-state index contributed by atoms with van der Waals surface area (Å²) in [5, 5.41) is 1.53. The molecule has 0 saturated carbocycles. The Morgan fingerprint density at radius 1 is 1.16 bits per heavy atom. The summed E-state index contributed by atoms with van der Waals surface area (Å²) in [4.78, 5) is 23.7. The Bertz CT molecular complexity index is 649. The molecule has 0 fully saturated rings. The number of ether oxygens (including phenoxy) is 1. The van der Waals surface area contributed by atoms with Gasteiger partial charge in [-0.15, -0.1) is 11.3 Å². The number of hydrogen-bond donors (Lipinski definition) is 0. The van der Waals surface area contributed by atoms with Gasteiger partial charge in [-0.25, -0.2) is 13.6 Å². The van der Waals surface area contributed by atoms with Gasteiger partial charge >= 0.3 is 5.97 Å². The van der Waals surface area contributed by atoms with Crippen molar-refractivity contribution in [2.75, 3.05) is 7.11 Å². The van der Waals surface area contributed by atoms with E-state index in [1.165, 1.54) is 18.6 Å². The molecule has 1 heterocycles. The number of halogens is 2. The average Bonchev–Trinajstić information content (AvgIpc) is 2.86. The third kappa shape index (κ3) is 2.53. The summed E-state index contributed by atoms with van der Waals surface area (Å²) in [6.07, 6.45) is 0. The van der Waals surface area contributed by atoms with Crippen LogP contribution in [0.2, 0.25) is 0 Å². The molecule has 0 bridgehead atoms. The van der Waals surface area contributed by atoms with Crippen LogP contribution in [0.1, 0.15) is 25.6 Å². The summed E-state index contributed by atoms with van der Waals surface area (Å²) in [7, 11) is 1.19. The van der Waals surface area contributed by atoms with Gasteiger partial charge in [-0.1, -0.05) is 0 Å². The van der Waals surface area contributed by atoms with Gasteiger partial charge in [0.1, 0.15) is 16.5 Å². The molecule has 0 saturated heterocycles. The second kappa shape index (κ2) is 5.27. The maximum Gasteiger partial charge on any atom is 0.348 e. The monoisotopic (exact) mass is 282 g/mol. The fourth-order valence-corrected chi connectivity index (χ4v) is 2.37. The number of benzene rings is 1. The Morgan fingerprint density at radius 3 is 2.53 bits per heavy atom. The normalized spacial score (nSPS) is 10.3. The van der Waals surface area contributed by atoms with Crippen LogP contribution in [0.15, 0.2) is 29.6 Å². The van der Waals surface area contributed by atoms with Crippen LogP contribution < -0.4 is 0 Å². The summed E-state index contributed by atoms with van der Waals surface area (Å²) in [6.45, 7) is 0. The largest absolute Gasteiger partial charge is 0.465 e. The van der Waals surface area contributed by atoms with Crippen LogP contribution in [-0.4, -0.2) is 18.9 Å². The SMILES string of the molecule is COC(=O)c1sccc1C(=O)c1ccc(F)cc1F. The molecule has 0 spiro atoms. The number of esters is 1. The number of hydrogen-bond acceptors (Lipinski definition) is 4. The van der Waals surface area contributed by atoms with Gasteiger partial charge in [0.2, 0.25) is 0 Å². The fourth-order valence-electron chi connectivity index (χ4n) is 1.56. The number of methoxy groups -OCH3 is 1. The van der Waals surface area contributed by atoms with Crippen LogP contribution in [0.3, 0.4) is 0 Å². The van der Waals surface area contributed by atoms with Gasteiger partial charge in [-0.05, 0) is 23.6 Å². The van der Waals surface area contributed by atoms with Crippen LogP contribution in [0.5, 0.6) is 0 Å². The van der Waals surface area contributed by atoms with Crippen molar-refractivity contribution in [3.8, 4) is 0 Å². The van der Waals surface area contributed by atoms with Gasteiger partial charge in [0.15, 0.2) is 5.78 Å². The minimum absolute atomic E-state index is 0.0439. The molecule has 0 aliphatic carbocycles. The predicted molar refractivity (Wildman–Crippen MR) is 65.4 cm³/mol. The summed E-state index contributed by atoms with van der Waals surface area (Å²) in [5.74, 6) is -3.08. The zero-order valence-electron chi connectivity index (χ0n) is 9.78. The first-order chi connectivity index (χ1) is 9.04. The van der Waals surface area contributed by atoms with Crippen LogP contribution in [0.4, 0.5) is 8.78 Å². The highest BCUT2D eigenvalue weighted by Crippen LogP contribution is 2.22. The van der Waals surface area contributed by atoms with Crippen LogP contribution >= 0.6 is 11.3 Å². The number of thiophene rings is 1. The summed E-state index contributed by atoms with van der Waals surface area (Å²) >= 11 is 1.02. The molecule has 1 aromatic carbocycles. The molecular weight excluding hydrogens is 274 g/mol. The molecule has 19 heavy (non-hydrogen) atoms. The second-order valence-electron chi connectivity index (χ2n) is 3.61. The Kier molecular flexibility index (Phi) is 3.71. The van der Waals surface area contributed by atoms with Gasteiger partial charge in [0.05, 0.1) is 12.7 Å². The molecule has 1 aromatic heterocycles. The van der Waals surface area contributed by atoms with E-state index in [9.17, 15) is 18.4 Å². The van der Waals surface area contributed by atoms with Gasteiger partial charge in [-0.3, -0.25) is 4.79 Å². The molecule has 0 radical (unpaired) electrons. The van der Waals surface area contributed by atoms with Crippen LogP contribution in [0, 0.1) is 11.6 Å². The van der Waals surface area contributed by atoms with E-state index < -0.39 is 23.4 Å².